The van der Waals surface area contributed by atoms with Gasteiger partial charge in [-0.3, -0.25) is 4.57 Å². The van der Waals surface area contributed by atoms with Gasteiger partial charge >= 0.3 is 0 Å². The number of hydrogen-bond acceptors (Lipinski definition) is 6. The normalized spacial score (nSPS) is 10.6. The quantitative estimate of drug-likeness (QED) is 0.762. The molecule has 2 heterocycles. The van der Waals surface area contributed by atoms with E-state index in [1.165, 1.54) is 12.4 Å². The van der Waals surface area contributed by atoms with Gasteiger partial charge < -0.3 is 11.1 Å². The summed E-state index contributed by atoms with van der Waals surface area (Å²) in [6.07, 6.45) is 4.80. The lowest BCUT2D eigenvalue weighted by Crippen LogP contribution is -2.08. The Balaban J connectivity index is 1.97. The third-order valence-corrected chi connectivity index (χ3v) is 2.74. The molecule has 0 amide bonds. The number of aromatic nitrogens is 5. The number of benzene rings is 1. The summed E-state index contributed by atoms with van der Waals surface area (Å²) in [7, 11) is 0. The highest BCUT2D eigenvalue weighted by atomic mass is 19.1. The predicted octanol–water partition coefficient (Wildman–Crippen LogP) is 1.83. The Morgan fingerprint density at radius 2 is 2.10 bits per heavy atom. The maximum atomic E-state index is 13.7. The number of nitrogen functional groups attached to an aromatic ring is 1. The molecule has 8 heteroatoms. The largest absolute Gasteiger partial charge is 0.368 e. The first kappa shape index (κ1) is 13.0. The summed E-state index contributed by atoms with van der Waals surface area (Å²) in [6.45, 7) is 1.86. The highest BCUT2D eigenvalue weighted by Crippen LogP contribution is 2.19. The molecule has 7 nitrogen and oxygen atoms in total. The molecule has 2 aromatic heterocycles. The fraction of sp³-hybridized carbons (Fsp3) is 0.0769. The summed E-state index contributed by atoms with van der Waals surface area (Å²) in [6, 6.07) is 4.71. The minimum atomic E-state index is -0.399. The van der Waals surface area contributed by atoms with Crippen LogP contribution in [-0.2, 0) is 0 Å². The molecule has 1 aromatic carbocycles. The summed E-state index contributed by atoms with van der Waals surface area (Å²) >= 11 is 0. The molecule has 0 aliphatic heterocycles. The number of nitrogens with one attached hydrogen (secondary N) is 1. The monoisotopic (exact) mass is 285 g/mol. The average Bonchev–Trinajstić information content (AvgIpc) is 2.96. The molecule has 0 saturated heterocycles. The molecule has 0 fully saturated rings. The van der Waals surface area contributed by atoms with Gasteiger partial charge in [0, 0.05) is 12.4 Å². The molecule has 3 rings (SSSR count). The molecule has 0 saturated carbocycles. The van der Waals surface area contributed by atoms with Gasteiger partial charge in [0.25, 0.3) is 0 Å². The third-order valence-electron chi connectivity index (χ3n) is 2.74. The smallest absolute Gasteiger partial charge is 0.241 e. The number of hydrogen-bond donors (Lipinski definition) is 2. The Bertz CT molecular complexity index is 770. The zero-order valence-corrected chi connectivity index (χ0v) is 11.2. The van der Waals surface area contributed by atoms with Crippen LogP contribution in [0, 0.1) is 12.7 Å². The van der Waals surface area contributed by atoms with Crippen LogP contribution in [0.15, 0.2) is 36.9 Å². The second kappa shape index (κ2) is 5.16. The molecule has 0 aliphatic rings. The van der Waals surface area contributed by atoms with Crippen molar-refractivity contribution in [1.82, 2.24) is 24.5 Å². The Labute approximate surface area is 119 Å². The van der Waals surface area contributed by atoms with E-state index in [4.69, 9.17) is 5.73 Å². The first-order valence-corrected chi connectivity index (χ1v) is 6.15. The fourth-order valence-electron chi connectivity index (χ4n) is 1.78. The maximum absolute atomic E-state index is 13.7. The third kappa shape index (κ3) is 2.78. The van der Waals surface area contributed by atoms with E-state index in [-0.39, 0.29) is 17.6 Å². The predicted molar refractivity (Wildman–Crippen MR) is 75.8 cm³/mol. The summed E-state index contributed by atoms with van der Waals surface area (Å²) < 4.78 is 15.3. The Morgan fingerprint density at radius 3 is 2.86 bits per heavy atom. The number of aryl methyl sites for hydroxylation is 1. The lowest BCUT2D eigenvalue weighted by atomic mass is 10.2. The summed E-state index contributed by atoms with van der Waals surface area (Å²) in [5.41, 5.74) is 6.85. The van der Waals surface area contributed by atoms with Gasteiger partial charge in [0.05, 0.1) is 5.69 Å². The molecular weight excluding hydrogens is 273 g/mol. The van der Waals surface area contributed by atoms with Gasteiger partial charge in [-0.25, -0.2) is 9.37 Å². The summed E-state index contributed by atoms with van der Waals surface area (Å²) in [4.78, 5) is 16.1. The lowest BCUT2D eigenvalue weighted by Gasteiger charge is -2.09. The topological polar surface area (TPSA) is 94.5 Å². The average molecular weight is 285 g/mol. The van der Waals surface area contributed by atoms with Crippen molar-refractivity contribution in [3.05, 3.63) is 48.3 Å². The van der Waals surface area contributed by atoms with E-state index >= 15 is 0 Å². The van der Waals surface area contributed by atoms with Crippen LogP contribution in [0.3, 0.4) is 0 Å². The maximum Gasteiger partial charge on any atom is 0.241 e. The van der Waals surface area contributed by atoms with Gasteiger partial charge in [0.1, 0.15) is 12.1 Å². The van der Waals surface area contributed by atoms with Crippen molar-refractivity contribution in [2.75, 3.05) is 11.1 Å². The second-order valence-electron chi connectivity index (χ2n) is 4.40. The van der Waals surface area contributed by atoms with Crippen LogP contribution in [-0.4, -0.2) is 24.5 Å². The molecule has 3 N–H and O–H groups in total. The van der Waals surface area contributed by atoms with Crippen LogP contribution >= 0.6 is 0 Å². The first-order valence-electron chi connectivity index (χ1n) is 6.15. The van der Waals surface area contributed by atoms with E-state index in [2.05, 4.69) is 25.3 Å². The van der Waals surface area contributed by atoms with Gasteiger partial charge in [-0.05, 0) is 24.6 Å². The molecule has 21 heavy (non-hydrogen) atoms. The zero-order valence-electron chi connectivity index (χ0n) is 11.2. The standard InChI is InChI=1S/C13H12FN7/c1-8-2-3-9(14)10(6-8)17-12-18-11(15)19-13(20-12)21-5-4-16-7-21/h2-7H,1H3,(H3,15,17,18,19,20). The van der Waals surface area contributed by atoms with E-state index in [9.17, 15) is 4.39 Å². The summed E-state index contributed by atoms with van der Waals surface area (Å²) in [5.74, 6) is 0.0966. The van der Waals surface area contributed by atoms with Crippen molar-refractivity contribution in [2.45, 2.75) is 6.92 Å². The van der Waals surface area contributed by atoms with E-state index < -0.39 is 5.82 Å². The van der Waals surface area contributed by atoms with Crippen molar-refractivity contribution in [2.24, 2.45) is 0 Å². The van der Waals surface area contributed by atoms with Crippen molar-refractivity contribution in [3.63, 3.8) is 0 Å². The van der Waals surface area contributed by atoms with Gasteiger partial charge in [0.2, 0.25) is 17.8 Å². The zero-order chi connectivity index (χ0) is 14.8. The SMILES string of the molecule is Cc1ccc(F)c(Nc2nc(N)nc(-n3ccnc3)n2)c1. The second-order valence-corrected chi connectivity index (χ2v) is 4.40. The van der Waals surface area contributed by atoms with E-state index in [0.29, 0.717) is 5.95 Å². The number of imidazole rings is 1. The van der Waals surface area contributed by atoms with Crippen LogP contribution in [0.25, 0.3) is 5.95 Å². The number of rotatable bonds is 3. The number of nitrogens with two attached hydrogens (primary N) is 1. The minimum Gasteiger partial charge on any atom is -0.368 e. The molecule has 0 unspecified atom stereocenters. The highest BCUT2D eigenvalue weighted by Gasteiger charge is 2.09. The number of halogens is 1. The number of nitrogens with zero attached hydrogens (tertiary/aromatic N) is 5. The van der Waals surface area contributed by atoms with Gasteiger partial charge in [-0.2, -0.15) is 15.0 Å². The molecule has 0 bridgehead atoms. The molecule has 0 aliphatic carbocycles. The van der Waals surface area contributed by atoms with Gasteiger partial charge in [0.15, 0.2) is 0 Å². The van der Waals surface area contributed by atoms with E-state index in [0.717, 1.165) is 5.56 Å². The molecule has 0 radical (unpaired) electrons. The van der Waals surface area contributed by atoms with Crippen molar-refractivity contribution in [3.8, 4) is 5.95 Å². The van der Waals surface area contributed by atoms with Crippen LogP contribution < -0.4 is 11.1 Å². The molecule has 0 atom stereocenters. The molecule has 106 valence electrons. The Kier molecular flexibility index (Phi) is 3.19. The van der Waals surface area contributed by atoms with E-state index in [1.807, 2.05) is 6.92 Å². The van der Waals surface area contributed by atoms with Crippen LogP contribution in [0.4, 0.5) is 22.0 Å². The fourth-order valence-corrected chi connectivity index (χ4v) is 1.78. The van der Waals surface area contributed by atoms with Gasteiger partial charge in [-0.15, -0.1) is 0 Å². The van der Waals surface area contributed by atoms with Crippen LogP contribution in [0.5, 0.6) is 0 Å². The first-order chi connectivity index (χ1) is 10.1. The Hall–Kier alpha value is -3.03. The van der Waals surface area contributed by atoms with Gasteiger partial charge in [-0.1, -0.05) is 6.07 Å². The van der Waals surface area contributed by atoms with Crippen molar-refractivity contribution in [1.29, 1.82) is 0 Å². The van der Waals surface area contributed by atoms with Crippen LogP contribution in [0.2, 0.25) is 0 Å². The number of anilines is 3. The van der Waals surface area contributed by atoms with Crippen molar-refractivity contribution >= 4 is 17.6 Å². The lowest BCUT2D eigenvalue weighted by molar-refractivity contribution is 0.631. The van der Waals surface area contributed by atoms with Crippen molar-refractivity contribution < 1.29 is 4.39 Å². The molecular formula is C13H12FN7. The van der Waals surface area contributed by atoms with E-state index in [1.54, 1.807) is 29.1 Å². The molecule has 0 spiro atoms. The highest BCUT2D eigenvalue weighted by molar-refractivity contribution is 5.56. The minimum absolute atomic E-state index is 0.0317. The molecule has 3 aromatic rings. The van der Waals surface area contributed by atoms with Crippen LogP contribution in [0.1, 0.15) is 5.56 Å². The summed E-state index contributed by atoms with van der Waals surface area (Å²) in [5, 5.41) is 2.81. The Morgan fingerprint density at radius 1 is 1.24 bits per heavy atom.